The normalized spacial score (nSPS) is 13.1. The minimum Gasteiger partial charge on any atom is -0.318 e. The third-order valence-corrected chi connectivity index (χ3v) is 2.11. The molecule has 2 rings (SSSR count). The van der Waals surface area contributed by atoms with Crippen LogP contribution in [0.3, 0.4) is 0 Å². The maximum absolute atomic E-state index is 11.7. The van der Waals surface area contributed by atoms with Crippen molar-refractivity contribution in [1.29, 1.82) is 5.53 Å². The number of hydrogen-bond acceptors (Lipinski definition) is 5. The summed E-state index contributed by atoms with van der Waals surface area (Å²) in [5, 5.41) is 0.356. The molecule has 7 heteroatoms. The number of hydroxylamine groups is 2. The summed E-state index contributed by atoms with van der Waals surface area (Å²) in [7, 11) is 0. The Morgan fingerprint density at radius 1 is 1.24 bits per heavy atom. The zero-order valence-electron chi connectivity index (χ0n) is 8.41. The molecule has 0 aromatic heterocycles. The predicted molar refractivity (Wildman–Crippen MR) is 52.1 cm³/mol. The van der Waals surface area contributed by atoms with Crippen LogP contribution in [0.2, 0.25) is 0 Å². The first-order valence-corrected chi connectivity index (χ1v) is 4.54. The first-order valence-electron chi connectivity index (χ1n) is 4.54. The van der Waals surface area contributed by atoms with Gasteiger partial charge in [0.15, 0.2) is 0 Å². The molecule has 0 saturated heterocycles. The van der Waals surface area contributed by atoms with Gasteiger partial charge in [-0.05, 0) is 12.1 Å². The molecule has 0 bridgehead atoms. The number of imide groups is 1. The Bertz CT molecular complexity index is 540. The van der Waals surface area contributed by atoms with Crippen LogP contribution in [-0.2, 0) is 9.63 Å². The van der Waals surface area contributed by atoms with Gasteiger partial charge in [0.25, 0.3) is 11.8 Å². The molecule has 0 radical (unpaired) electrons. The minimum atomic E-state index is -1.06. The van der Waals surface area contributed by atoms with Crippen LogP contribution in [0.15, 0.2) is 24.3 Å². The molecular weight excluding hydrogens is 226 g/mol. The summed E-state index contributed by atoms with van der Waals surface area (Å²) in [6, 6.07) is 6.12. The van der Waals surface area contributed by atoms with E-state index in [-0.39, 0.29) is 11.1 Å². The summed E-state index contributed by atoms with van der Waals surface area (Å²) in [4.78, 5) is 41.5. The fourth-order valence-corrected chi connectivity index (χ4v) is 1.42. The Labute approximate surface area is 94.8 Å². The van der Waals surface area contributed by atoms with E-state index in [1.165, 1.54) is 12.1 Å². The molecule has 1 aliphatic heterocycles. The number of rotatable bonds is 2. The number of hydrogen-bond donors (Lipinski definition) is 1. The van der Waals surface area contributed by atoms with Crippen molar-refractivity contribution < 1.29 is 24.0 Å². The Morgan fingerprint density at radius 2 is 1.76 bits per heavy atom. The third kappa shape index (κ3) is 1.70. The van der Waals surface area contributed by atoms with Crippen LogP contribution < -0.4 is 0 Å². The summed E-state index contributed by atoms with van der Waals surface area (Å²) in [6.07, 6.45) is 0.545. The second-order valence-electron chi connectivity index (χ2n) is 3.12. The Morgan fingerprint density at radius 3 is 2.24 bits per heavy atom. The number of carbonyl (C=O) groups is 3. The molecule has 1 N–H and O–H groups in total. The average Bonchev–Trinajstić information content (AvgIpc) is 2.56. The van der Waals surface area contributed by atoms with Crippen LogP contribution in [0.4, 0.5) is 0 Å². The molecule has 84 valence electrons. The van der Waals surface area contributed by atoms with Gasteiger partial charge in [0, 0.05) is 0 Å². The zero-order chi connectivity index (χ0) is 12.4. The van der Waals surface area contributed by atoms with Crippen LogP contribution in [0.5, 0.6) is 0 Å². The molecule has 0 aliphatic carbocycles. The molecule has 0 saturated carbocycles. The molecule has 17 heavy (non-hydrogen) atoms. The smallest absolute Gasteiger partial charge is 0.318 e. The van der Waals surface area contributed by atoms with E-state index in [4.69, 9.17) is 5.53 Å². The molecule has 0 spiro atoms. The van der Waals surface area contributed by atoms with Gasteiger partial charge in [-0.25, -0.2) is 4.79 Å². The number of amides is 2. The van der Waals surface area contributed by atoms with E-state index >= 15 is 0 Å². The SMILES string of the molecule is N=[N+]=CC(=O)ON1C(=O)c2ccccc2C1=O. The highest BCUT2D eigenvalue weighted by Gasteiger charge is 2.38. The monoisotopic (exact) mass is 232 g/mol. The van der Waals surface area contributed by atoms with Crippen LogP contribution in [0, 0.1) is 5.53 Å². The van der Waals surface area contributed by atoms with E-state index in [1.54, 1.807) is 12.1 Å². The largest absolute Gasteiger partial charge is 0.442 e. The van der Waals surface area contributed by atoms with Gasteiger partial charge in [-0.15, -0.1) is 0 Å². The van der Waals surface area contributed by atoms with Crippen molar-refractivity contribution in [2.45, 2.75) is 0 Å². The lowest BCUT2D eigenvalue weighted by molar-refractivity contribution is -0.168. The average molecular weight is 232 g/mol. The Kier molecular flexibility index (Phi) is 2.52. The van der Waals surface area contributed by atoms with Crippen LogP contribution in [0.1, 0.15) is 20.7 Å². The summed E-state index contributed by atoms with van der Waals surface area (Å²) in [6.45, 7) is 0. The number of fused-ring (bicyclic) bond motifs is 1. The molecule has 7 nitrogen and oxygen atoms in total. The minimum absolute atomic E-state index is 0.174. The van der Waals surface area contributed by atoms with Gasteiger partial charge in [-0.3, -0.25) is 9.59 Å². The van der Waals surface area contributed by atoms with Crippen molar-refractivity contribution in [2.75, 3.05) is 0 Å². The second-order valence-corrected chi connectivity index (χ2v) is 3.12. The Balaban J connectivity index is 2.30. The van der Waals surface area contributed by atoms with Gasteiger partial charge in [-0.2, -0.15) is 0 Å². The molecule has 1 aromatic rings. The van der Waals surface area contributed by atoms with Gasteiger partial charge >= 0.3 is 12.2 Å². The van der Waals surface area contributed by atoms with E-state index in [2.05, 4.69) is 9.63 Å². The zero-order valence-corrected chi connectivity index (χ0v) is 8.41. The van der Waals surface area contributed by atoms with E-state index < -0.39 is 17.8 Å². The highest BCUT2D eigenvalue weighted by Crippen LogP contribution is 2.22. The van der Waals surface area contributed by atoms with Crippen molar-refractivity contribution in [3.05, 3.63) is 35.4 Å². The second kappa shape index (κ2) is 3.99. The van der Waals surface area contributed by atoms with Crippen molar-refractivity contribution in [3.63, 3.8) is 0 Å². The molecule has 2 amide bonds. The van der Waals surface area contributed by atoms with Gasteiger partial charge in [0.1, 0.15) is 0 Å². The van der Waals surface area contributed by atoms with Crippen molar-refractivity contribution >= 4 is 24.0 Å². The predicted octanol–water partition coefficient (Wildman–Crippen LogP) is 0.0508. The maximum Gasteiger partial charge on any atom is 0.442 e. The van der Waals surface area contributed by atoms with E-state index in [1.807, 2.05) is 0 Å². The highest BCUT2D eigenvalue weighted by atomic mass is 16.7. The van der Waals surface area contributed by atoms with E-state index in [9.17, 15) is 14.4 Å². The summed E-state index contributed by atoms with van der Waals surface area (Å²) in [5.41, 5.74) is 6.77. The quantitative estimate of drug-likeness (QED) is 0.337. The molecule has 0 atom stereocenters. The maximum atomic E-state index is 11.7. The summed E-state index contributed by atoms with van der Waals surface area (Å²) >= 11 is 0. The molecule has 0 unspecified atom stereocenters. The number of benzene rings is 1. The first-order chi connectivity index (χ1) is 8.15. The number of carbonyl (C=O) groups excluding carboxylic acids is 3. The van der Waals surface area contributed by atoms with E-state index in [0.29, 0.717) is 11.3 Å². The number of nitrogens with zero attached hydrogens (tertiary/aromatic N) is 2. The standard InChI is InChI=1S/C10H6N3O4/c11-12-5-8(14)17-13-9(15)6-3-1-2-4-7(6)10(13)16/h1-5,11H/q+1. The molecule has 1 aliphatic rings. The fourth-order valence-electron chi connectivity index (χ4n) is 1.42. The fraction of sp³-hybridized carbons (Fsp3) is 0. The lowest BCUT2D eigenvalue weighted by Crippen LogP contribution is -2.33. The van der Waals surface area contributed by atoms with Crippen molar-refractivity contribution in [1.82, 2.24) is 5.06 Å². The molecule has 1 heterocycles. The van der Waals surface area contributed by atoms with Gasteiger partial charge in [0.05, 0.1) is 21.4 Å². The lowest BCUT2D eigenvalue weighted by Gasteiger charge is -2.08. The molecular formula is C10H6N3O4+. The topological polar surface area (TPSA) is 102 Å². The van der Waals surface area contributed by atoms with Gasteiger partial charge in [-0.1, -0.05) is 17.2 Å². The Hall–Kier alpha value is -2.79. The summed E-state index contributed by atoms with van der Waals surface area (Å²) in [5.74, 6) is -2.48. The van der Waals surface area contributed by atoms with Crippen LogP contribution in [-0.4, -0.2) is 33.9 Å². The van der Waals surface area contributed by atoms with Crippen LogP contribution >= 0.6 is 0 Å². The van der Waals surface area contributed by atoms with E-state index in [0.717, 1.165) is 0 Å². The molecule has 0 fully saturated rings. The molecule has 1 aromatic carbocycles. The van der Waals surface area contributed by atoms with Crippen LogP contribution in [0.25, 0.3) is 0 Å². The van der Waals surface area contributed by atoms with Crippen molar-refractivity contribution in [2.24, 2.45) is 0 Å². The number of nitrogens with one attached hydrogen (secondary N) is 1. The van der Waals surface area contributed by atoms with Gasteiger partial charge in [0.2, 0.25) is 0 Å². The first kappa shape index (κ1) is 10.7. The lowest BCUT2D eigenvalue weighted by atomic mass is 10.1. The third-order valence-electron chi connectivity index (χ3n) is 2.11. The van der Waals surface area contributed by atoms with Gasteiger partial charge < -0.3 is 4.84 Å². The highest BCUT2D eigenvalue weighted by molar-refractivity contribution is 6.24. The van der Waals surface area contributed by atoms with Crippen molar-refractivity contribution in [3.8, 4) is 0 Å². The summed E-state index contributed by atoms with van der Waals surface area (Å²) < 4.78 is 0.